The first-order chi connectivity index (χ1) is 12.2. The van der Waals surface area contributed by atoms with E-state index in [0.29, 0.717) is 18.2 Å². The zero-order chi connectivity index (χ0) is 17.3. The third-order valence-corrected chi connectivity index (χ3v) is 6.71. The molecule has 2 fully saturated rings. The molecule has 3 heterocycles. The van der Waals surface area contributed by atoms with Crippen LogP contribution in [0.3, 0.4) is 0 Å². The predicted octanol–water partition coefficient (Wildman–Crippen LogP) is 3.51. The summed E-state index contributed by atoms with van der Waals surface area (Å²) in [4.78, 5) is 21.8. The zero-order valence-corrected chi connectivity index (χ0v) is 15.5. The molecule has 4 rings (SSSR count). The highest BCUT2D eigenvalue weighted by atomic mass is 32.1. The van der Waals surface area contributed by atoms with Crippen LogP contribution < -0.4 is 0 Å². The highest BCUT2D eigenvalue weighted by molar-refractivity contribution is 7.09. The van der Waals surface area contributed by atoms with Gasteiger partial charge in [0.2, 0.25) is 5.91 Å². The molecule has 1 spiro atoms. The smallest absolute Gasteiger partial charge is 0.223 e. The molecule has 1 aromatic heterocycles. The van der Waals surface area contributed by atoms with Crippen molar-refractivity contribution in [1.82, 2.24) is 14.8 Å². The number of amides is 1. The van der Waals surface area contributed by atoms with Crippen LogP contribution in [0.4, 0.5) is 0 Å². The van der Waals surface area contributed by atoms with Crippen LogP contribution in [0.25, 0.3) is 0 Å². The van der Waals surface area contributed by atoms with E-state index in [4.69, 9.17) is 0 Å². The predicted molar refractivity (Wildman–Crippen MR) is 101 cm³/mol. The molecule has 0 N–H and O–H groups in total. The zero-order valence-electron chi connectivity index (χ0n) is 14.7. The number of thiazole rings is 1. The van der Waals surface area contributed by atoms with Gasteiger partial charge in [-0.2, -0.15) is 0 Å². The van der Waals surface area contributed by atoms with E-state index in [0.717, 1.165) is 39.0 Å². The fourth-order valence-corrected chi connectivity index (χ4v) is 5.41. The molecule has 2 aromatic rings. The molecule has 25 heavy (non-hydrogen) atoms. The van der Waals surface area contributed by atoms with Crippen molar-refractivity contribution in [1.29, 1.82) is 0 Å². The lowest BCUT2D eigenvalue weighted by Crippen LogP contribution is -2.55. The van der Waals surface area contributed by atoms with E-state index in [2.05, 4.69) is 52.0 Å². The van der Waals surface area contributed by atoms with Gasteiger partial charge in [-0.15, -0.1) is 11.3 Å². The monoisotopic (exact) mass is 355 g/mol. The number of likely N-dealkylation sites (tertiary alicyclic amines) is 2. The van der Waals surface area contributed by atoms with Crippen LogP contribution in [0.15, 0.2) is 41.9 Å². The summed E-state index contributed by atoms with van der Waals surface area (Å²) in [6.07, 6.45) is 4.64. The van der Waals surface area contributed by atoms with Crippen LogP contribution in [0.5, 0.6) is 0 Å². The van der Waals surface area contributed by atoms with Crippen molar-refractivity contribution in [3.05, 3.63) is 52.5 Å². The van der Waals surface area contributed by atoms with Crippen molar-refractivity contribution < 1.29 is 4.79 Å². The number of rotatable bonds is 4. The molecule has 0 aliphatic carbocycles. The average Bonchev–Trinajstić information content (AvgIpc) is 3.24. The minimum atomic E-state index is -0.00738. The maximum atomic E-state index is 12.7. The van der Waals surface area contributed by atoms with Crippen LogP contribution >= 0.6 is 11.3 Å². The summed E-state index contributed by atoms with van der Waals surface area (Å²) >= 11 is 1.73. The van der Waals surface area contributed by atoms with E-state index in [1.54, 1.807) is 11.3 Å². The van der Waals surface area contributed by atoms with Crippen molar-refractivity contribution in [2.45, 2.75) is 44.2 Å². The lowest BCUT2D eigenvalue weighted by atomic mass is 9.73. The summed E-state index contributed by atoms with van der Waals surface area (Å²) in [6.45, 7) is 5.94. The molecule has 1 aromatic carbocycles. The molecule has 2 aliphatic rings. The minimum Gasteiger partial charge on any atom is -0.337 e. The molecule has 0 unspecified atom stereocenters. The number of carbonyl (C=O) groups is 1. The Bertz CT molecular complexity index is 708. The molecule has 0 bridgehead atoms. The Morgan fingerprint density at radius 3 is 2.64 bits per heavy atom. The molecule has 1 atom stereocenters. The van der Waals surface area contributed by atoms with Gasteiger partial charge in [0, 0.05) is 43.5 Å². The van der Waals surface area contributed by atoms with Gasteiger partial charge >= 0.3 is 0 Å². The Labute approximate surface area is 153 Å². The number of hydrogen-bond donors (Lipinski definition) is 0. The molecule has 0 radical (unpaired) electrons. The summed E-state index contributed by atoms with van der Waals surface area (Å²) in [5, 5.41) is 3.23. The minimum absolute atomic E-state index is 0.00738. The second-order valence-electron chi connectivity index (χ2n) is 7.11. The molecule has 2 saturated heterocycles. The topological polar surface area (TPSA) is 36.4 Å². The van der Waals surface area contributed by atoms with Gasteiger partial charge in [-0.3, -0.25) is 9.69 Å². The maximum Gasteiger partial charge on any atom is 0.223 e. The Hall–Kier alpha value is -1.72. The van der Waals surface area contributed by atoms with Gasteiger partial charge in [0.15, 0.2) is 0 Å². The van der Waals surface area contributed by atoms with Gasteiger partial charge in [0.05, 0.1) is 12.1 Å². The SMILES string of the molecule is CCN1C(=O)C[C@H](c2ccccc2)C12CCN(Cc1nccs1)CC2. The van der Waals surface area contributed by atoms with Gasteiger partial charge in [-0.05, 0) is 25.3 Å². The quantitative estimate of drug-likeness (QED) is 0.842. The number of hydrogen-bond acceptors (Lipinski definition) is 4. The van der Waals surface area contributed by atoms with Gasteiger partial charge in [0.1, 0.15) is 5.01 Å². The molecule has 4 nitrogen and oxygen atoms in total. The molecular weight excluding hydrogens is 330 g/mol. The second kappa shape index (κ2) is 6.89. The Morgan fingerprint density at radius 2 is 2.00 bits per heavy atom. The summed E-state index contributed by atoms with van der Waals surface area (Å²) in [5.41, 5.74) is 1.31. The molecule has 1 amide bonds. The number of carbonyl (C=O) groups excluding carboxylic acids is 1. The van der Waals surface area contributed by atoms with E-state index in [-0.39, 0.29) is 5.54 Å². The third kappa shape index (κ3) is 3.00. The fraction of sp³-hybridized carbons (Fsp3) is 0.500. The van der Waals surface area contributed by atoms with Gasteiger partial charge in [0.25, 0.3) is 0 Å². The summed E-state index contributed by atoms with van der Waals surface area (Å²) in [7, 11) is 0. The van der Waals surface area contributed by atoms with E-state index in [1.165, 1.54) is 10.6 Å². The number of aromatic nitrogens is 1. The standard InChI is InChI=1S/C20H25N3OS/c1-2-23-19(24)14-17(16-6-4-3-5-7-16)20(23)8-11-22(12-9-20)15-18-21-10-13-25-18/h3-7,10,13,17H,2,8-9,11-12,14-15H2,1H3/t17-/m1/s1. The van der Waals surface area contributed by atoms with Crippen molar-refractivity contribution >= 4 is 17.2 Å². The summed E-state index contributed by atoms with van der Waals surface area (Å²) < 4.78 is 0. The summed E-state index contributed by atoms with van der Waals surface area (Å²) in [5.74, 6) is 0.646. The highest BCUT2D eigenvalue weighted by Crippen LogP contribution is 2.48. The van der Waals surface area contributed by atoms with Crippen molar-refractivity contribution in [2.24, 2.45) is 0 Å². The highest BCUT2D eigenvalue weighted by Gasteiger charge is 2.53. The Morgan fingerprint density at radius 1 is 1.24 bits per heavy atom. The maximum absolute atomic E-state index is 12.7. The average molecular weight is 356 g/mol. The van der Waals surface area contributed by atoms with Crippen molar-refractivity contribution in [3.63, 3.8) is 0 Å². The molecule has 0 saturated carbocycles. The van der Waals surface area contributed by atoms with E-state index < -0.39 is 0 Å². The number of likely N-dealkylation sites (N-methyl/N-ethyl adjacent to an activating group) is 1. The van der Waals surface area contributed by atoms with Crippen LogP contribution in [0, 0.1) is 0 Å². The van der Waals surface area contributed by atoms with Gasteiger partial charge in [-0.25, -0.2) is 4.98 Å². The first-order valence-electron chi connectivity index (χ1n) is 9.19. The Kier molecular flexibility index (Phi) is 4.61. The second-order valence-corrected chi connectivity index (χ2v) is 8.09. The van der Waals surface area contributed by atoms with Crippen LogP contribution in [-0.4, -0.2) is 45.9 Å². The van der Waals surface area contributed by atoms with E-state index in [9.17, 15) is 4.79 Å². The Balaban J connectivity index is 1.56. The van der Waals surface area contributed by atoms with Crippen LogP contribution in [0.2, 0.25) is 0 Å². The van der Waals surface area contributed by atoms with Crippen LogP contribution in [-0.2, 0) is 11.3 Å². The molecule has 132 valence electrons. The third-order valence-electron chi connectivity index (χ3n) is 5.95. The van der Waals surface area contributed by atoms with E-state index >= 15 is 0 Å². The van der Waals surface area contributed by atoms with E-state index in [1.807, 2.05) is 11.6 Å². The van der Waals surface area contributed by atoms with Gasteiger partial charge < -0.3 is 4.90 Å². The molecule has 2 aliphatic heterocycles. The normalized spacial score (nSPS) is 23.5. The van der Waals surface area contributed by atoms with Crippen LogP contribution in [0.1, 0.15) is 42.7 Å². The van der Waals surface area contributed by atoms with Gasteiger partial charge in [-0.1, -0.05) is 30.3 Å². The lowest BCUT2D eigenvalue weighted by Gasteiger charge is -2.47. The number of benzene rings is 1. The number of nitrogens with zero attached hydrogens (tertiary/aromatic N) is 3. The largest absolute Gasteiger partial charge is 0.337 e. The fourth-order valence-electron chi connectivity index (χ4n) is 4.76. The van der Waals surface area contributed by atoms with Crippen molar-refractivity contribution in [3.8, 4) is 0 Å². The number of piperidine rings is 1. The molecule has 5 heteroatoms. The first-order valence-corrected chi connectivity index (χ1v) is 10.1. The molecular formula is C20H25N3OS. The lowest BCUT2D eigenvalue weighted by molar-refractivity contribution is -0.132. The first kappa shape index (κ1) is 16.7. The van der Waals surface area contributed by atoms with Crippen molar-refractivity contribution in [2.75, 3.05) is 19.6 Å². The summed E-state index contributed by atoms with van der Waals surface area (Å²) in [6, 6.07) is 10.6.